The second-order valence-electron chi connectivity index (χ2n) is 5.65. The Labute approximate surface area is 167 Å². The molecule has 0 atom stereocenters. The van der Waals surface area contributed by atoms with Crippen molar-refractivity contribution >= 4 is 39.2 Å². The van der Waals surface area contributed by atoms with Gasteiger partial charge in [-0.25, -0.2) is 25.3 Å². The Morgan fingerprint density at radius 3 is 1.29 bits per heavy atom. The summed E-state index contributed by atoms with van der Waals surface area (Å²) in [6, 6.07) is 16.3. The van der Waals surface area contributed by atoms with E-state index in [1.54, 1.807) is 18.2 Å². The molecule has 0 spiro atoms. The molecular weight excluding hydrogens is 444 g/mol. The van der Waals surface area contributed by atoms with Crippen LogP contribution in [-0.2, 0) is 27.6 Å². The average Bonchev–Trinajstić information content (AvgIpc) is 2.69. The Bertz CT molecular complexity index is 1310. The summed E-state index contributed by atoms with van der Waals surface area (Å²) in [5.41, 5.74) is 0. The van der Waals surface area contributed by atoms with E-state index in [9.17, 15) is 25.3 Å². The molecule has 10 heteroatoms. The van der Waals surface area contributed by atoms with Gasteiger partial charge in [-0.15, -0.1) is 0 Å². The standard InChI is InChI=1S/C18H13ClO6S3/c19-14-6-8-17(9-7-14)27(22,23)28(24,25)18-12-10-16(11-13-18)26(20,21)15-4-2-1-3-5-15/h1-13H. The van der Waals surface area contributed by atoms with Gasteiger partial charge in [0.1, 0.15) is 0 Å². The lowest BCUT2D eigenvalue weighted by molar-refractivity contribution is 0.582. The van der Waals surface area contributed by atoms with E-state index in [2.05, 4.69) is 0 Å². The molecule has 3 aromatic carbocycles. The fourth-order valence-electron chi connectivity index (χ4n) is 2.38. The molecule has 0 heterocycles. The molecule has 28 heavy (non-hydrogen) atoms. The topological polar surface area (TPSA) is 102 Å². The molecule has 0 N–H and O–H groups in total. The summed E-state index contributed by atoms with van der Waals surface area (Å²) < 4.78 is 75.4. The van der Waals surface area contributed by atoms with E-state index in [4.69, 9.17) is 11.6 Å². The minimum absolute atomic E-state index is 0.0411. The van der Waals surface area contributed by atoms with E-state index in [0.717, 1.165) is 36.4 Å². The molecule has 3 aromatic rings. The third-order valence-corrected chi connectivity index (χ3v) is 11.1. The summed E-state index contributed by atoms with van der Waals surface area (Å²) in [7, 11) is -13.4. The normalized spacial score (nSPS) is 12.6. The van der Waals surface area contributed by atoms with Gasteiger partial charge in [0.15, 0.2) is 0 Å². The zero-order valence-corrected chi connectivity index (χ0v) is 17.3. The molecule has 0 unspecified atom stereocenters. The van der Waals surface area contributed by atoms with Gasteiger partial charge in [-0.1, -0.05) is 29.8 Å². The number of hydrogen-bond acceptors (Lipinski definition) is 6. The molecular formula is C18H13ClO6S3. The average molecular weight is 457 g/mol. The van der Waals surface area contributed by atoms with Gasteiger partial charge in [0.25, 0.3) is 17.7 Å². The van der Waals surface area contributed by atoms with Crippen LogP contribution in [0.5, 0.6) is 0 Å². The third-order valence-electron chi connectivity index (χ3n) is 3.87. The van der Waals surface area contributed by atoms with Crippen LogP contribution in [0.25, 0.3) is 0 Å². The van der Waals surface area contributed by atoms with Crippen LogP contribution in [0.3, 0.4) is 0 Å². The number of benzene rings is 3. The molecule has 0 amide bonds. The summed E-state index contributed by atoms with van der Waals surface area (Å²) in [4.78, 5) is -1.08. The van der Waals surface area contributed by atoms with Crippen molar-refractivity contribution in [2.45, 2.75) is 19.6 Å². The first-order valence-corrected chi connectivity index (χ1v) is 13.1. The van der Waals surface area contributed by atoms with Crippen molar-refractivity contribution in [3.63, 3.8) is 0 Å². The van der Waals surface area contributed by atoms with Crippen LogP contribution in [0, 0.1) is 0 Å². The van der Waals surface area contributed by atoms with Gasteiger partial charge in [0, 0.05) is 5.02 Å². The summed E-state index contributed by atoms with van der Waals surface area (Å²) in [6.07, 6.45) is 0. The molecule has 6 nitrogen and oxygen atoms in total. The molecule has 146 valence electrons. The molecule has 0 bridgehead atoms. The molecule has 3 rings (SSSR count). The second-order valence-corrected chi connectivity index (χ2v) is 13.4. The number of rotatable bonds is 5. The van der Waals surface area contributed by atoms with E-state index in [1.165, 1.54) is 24.3 Å². The Kier molecular flexibility index (Phi) is 5.37. The van der Waals surface area contributed by atoms with Crippen molar-refractivity contribution in [3.8, 4) is 0 Å². The Balaban J connectivity index is 2.02. The quantitative estimate of drug-likeness (QED) is 0.545. The van der Waals surface area contributed by atoms with Crippen LogP contribution in [0.1, 0.15) is 0 Å². The van der Waals surface area contributed by atoms with Gasteiger partial charge >= 0.3 is 0 Å². The summed E-state index contributed by atoms with van der Waals surface area (Å²) >= 11 is 5.70. The molecule has 0 aliphatic heterocycles. The lowest BCUT2D eigenvalue weighted by atomic mass is 10.4. The van der Waals surface area contributed by atoms with E-state index in [1.807, 2.05) is 0 Å². The minimum atomic E-state index is -4.80. The first kappa shape index (κ1) is 20.5. The Hall–Kier alpha value is -2.20. The third kappa shape index (κ3) is 3.58. The first-order valence-electron chi connectivity index (χ1n) is 7.73. The van der Waals surface area contributed by atoms with Crippen molar-refractivity contribution in [1.29, 1.82) is 0 Å². The summed E-state index contributed by atoms with van der Waals surface area (Å²) in [5, 5.41) is 0.256. The largest absolute Gasteiger partial charge is 0.286 e. The lowest BCUT2D eigenvalue weighted by Gasteiger charge is -2.08. The second kappa shape index (κ2) is 7.32. The highest BCUT2D eigenvalue weighted by Gasteiger charge is 2.34. The number of halogens is 1. The van der Waals surface area contributed by atoms with Crippen molar-refractivity contribution in [1.82, 2.24) is 0 Å². The SMILES string of the molecule is O=S(=O)(c1ccccc1)c1ccc(S(=O)(=O)S(=O)(=O)c2ccc(Cl)cc2)cc1. The maximum Gasteiger partial charge on any atom is 0.286 e. The fourth-order valence-corrected chi connectivity index (χ4v) is 7.42. The van der Waals surface area contributed by atoms with Crippen LogP contribution < -0.4 is 0 Å². The fraction of sp³-hybridized carbons (Fsp3) is 0. The van der Waals surface area contributed by atoms with E-state index < -0.39 is 37.4 Å². The van der Waals surface area contributed by atoms with Crippen LogP contribution in [-0.4, -0.2) is 25.3 Å². The molecule has 0 aromatic heterocycles. The zero-order valence-electron chi connectivity index (χ0n) is 14.1. The number of hydrogen-bond donors (Lipinski definition) is 0. The van der Waals surface area contributed by atoms with Crippen molar-refractivity contribution in [2.24, 2.45) is 0 Å². The molecule has 0 saturated carbocycles. The van der Waals surface area contributed by atoms with Gasteiger partial charge in [-0.3, -0.25) is 0 Å². The minimum Gasteiger partial charge on any atom is -0.219 e. The van der Waals surface area contributed by atoms with Crippen LogP contribution in [0.15, 0.2) is 98.4 Å². The van der Waals surface area contributed by atoms with Crippen molar-refractivity contribution in [2.75, 3.05) is 0 Å². The van der Waals surface area contributed by atoms with Gasteiger partial charge in [-0.05, 0) is 60.7 Å². The Morgan fingerprint density at radius 2 is 0.821 bits per heavy atom. The van der Waals surface area contributed by atoms with Gasteiger partial charge < -0.3 is 0 Å². The first-order chi connectivity index (χ1) is 13.1. The predicted octanol–water partition coefficient (Wildman–Crippen LogP) is 3.34. The Morgan fingerprint density at radius 1 is 0.464 bits per heavy atom. The van der Waals surface area contributed by atoms with Crippen LogP contribution in [0.2, 0.25) is 5.02 Å². The van der Waals surface area contributed by atoms with Crippen LogP contribution >= 0.6 is 11.6 Å². The monoisotopic (exact) mass is 456 g/mol. The number of sulfone groups is 1. The summed E-state index contributed by atoms with van der Waals surface area (Å²) in [6.45, 7) is 0. The maximum absolute atomic E-state index is 12.6. The lowest BCUT2D eigenvalue weighted by Crippen LogP contribution is -2.16. The van der Waals surface area contributed by atoms with E-state index >= 15 is 0 Å². The molecule has 0 radical (unpaired) electrons. The molecule has 0 fully saturated rings. The van der Waals surface area contributed by atoms with Gasteiger partial charge in [0.2, 0.25) is 9.84 Å². The highest BCUT2D eigenvalue weighted by molar-refractivity contribution is 8.67. The predicted molar refractivity (Wildman–Crippen MR) is 104 cm³/mol. The highest BCUT2D eigenvalue weighted by atomic mass is 35.5. The smallest absolute Gasteiger partial charge is 0.219 e. The molecule has 0 aliphatic rings. The highest BCUT2D eigenvalue weighted by Crippen LogP contribution is 2.28. The zero-order chi connectivity index (χ0) is 20.6. The summed E-state index contributed by atoms with van der Waals surface area (Å²) in [5.74, 6) is 0. The maximum atomic E-state index is 12.6. The van der Waals surface area contributed by atoms with Crippen molar-refractivity contribution in [3.05, 3.63) is 83.9 Å². The van der Waals surface area contributed by atoms with E-state index in [0.29, 0.717) is 0 Å². The van der Waals surface area contributed by atoms with Gasteiger partial charge in [0.05, 0.1) is 19.6 Å². The molecule has 0 aliphatic carbocycles. The molecule has 0 saturated heterocycles. The van der Waals surface area contributed by atoms with Gasteiger partial charge in [-0.2, -0.15) is 0 Å². The van der Waals surface area contributed by atoms with Crippen LogP contribution in [0.4, 0.5) is 0 Å². The van der Waals surface area contributed by atoms with Crippen molar-refractivity contribution < 1.29 is 25.3 Å². The van der Waals surface area contributed by atoms with E-state index in [-0.39, 0.29) is 14.8 Å².